The highest BCUT2D eigenvalue weighted by Crippen LogP contribution is 2.33. The van der Waals surface area contributed by atoms with E-state index in [1.165, 1.54) is 6.20 Å². The molecule has 1 N–H and O–H groups in total. The van der Waals surface area contributed by atoms with Crippen LogP contribution in [-0.2, 0) is 6.54 Å². The molecule has 3 rings (SSSR count). The van der Waals surface area contributed by atoms with Crippen LogP contribution in [0, 0.1) is 10.1 Å². The van der Waals surface area contributed by atoms with Gasteiger partial charge in [0.25, 0.3) is 0 Å². The number of imidazole rings is 1. The molecule has 0 aromatic carbocycles. The Kier molecular flexibility index (Phi) is 5.80. The van der Waals surface area contributed by atoms with Gasteiger partial charge in [0.1, 0.15) is 12.7 Å². The molecular weight excluding hydrogens is 321 g/mol. The Morgan fingerprint density at radius 1 is 1.48 bits per heavy atom. The molecule has 1 saturated heterocycles. The minimum atomic E-state index is -0.439. The summed E-state index contributed by atoms with van der Waals surface area (Å²) in [7, 11) is 0. The molecule has 0 spiro atoms. The molecule has 1 unspecified atom stereocenters. The van der Waals surface area contributed by atoms with Crippen molar-refractivity contribution in [1.82, 2.24) is 19.8 Å². The molecule has 3 heterocycles. The van der Waals surface area contributed by atoms with E-state index < -0.39 is 10.5 Å². The van der Waals surface area contributed by atoms with Gasteiger partial charge < -0.3 is 20.2 Å². The summed E-state index contributed by atoms with van der Waals surface area (Å²) >= 11 is 0. The standard InChI is InChI=1S/C11H17N5O3.2ClH/c1-11(7-14-4-2-12-3-5-14)8-15-9(16(17)18)6-13-10(15)19-11;;/h6,12H,2-5,7-8H2,1H3;2*1H. The topological polar surface area (TPSA) is 85.5 Å². The quantitative estimate of drug-likeness (QED) is 0.644. The first-order valence-corrected chi connectivity index (χ1v) is 6.39. The first kappa shape index (κ1) is 18.0. The molecule has 21 heavy (non-hydrogen) atoms. The molecule has 10 heteroatoms. The zero-order valence-electron chi connectivity index (χ0n) is 11.7. The minimum absolute atomic E-state index is 0. The van der Waals surface area contributed by atoms with Crippen LogP contribution in [0.3, 0.4) is 0 Å². The van der Waals surface area contributed by atoms with Crippen LogP contribution in [-0.4, -0.2) is 57.7 Å². The molecule has 120 valence electrons. The summed E-state index contributed by atoms with van der Waals surface area (Å²) in [5, 5.41) is 14.2. The lowest BCUT2D eigenvalue weighted by Crippen LogP contribution is -2.51. The van der Waals surface area contributed by atoms with E-state index in [2.05, 4.69) is 15.2 Å². The van der Waals surface area contributed by atoms with Crippen molar-refractivity contribution in [3.05, 3.63) is 16.3 Å². The number of nitrogens with zero attached hydrogens (tertiary/aromatic N) is 4. The van der Waals surface area contributed by atoms with Crippen LogP contribution in [0.25, 0.3) is 0 Å². The largest absolute Gasteiger partial charge is 0.435 e. The number of piperazine rings is 1. The predicted octanol–water partition coefficient (Wildman–Crippen LogP) is 0.691. The van der Waals surface area contributed by atoms with E-state index in [9.17, 15) is 10.1 Å². The van der Waals surface area contributed by atoms with Crippen molar-refractivity contribution in [3.8, 4) is 6.01 Å². The van der Waals surface area contributed by atoms with Gasteiger partial charge in [0, 0.05) is 32.7 Å². The van der Waals surface area contributed by atoms with Crippen molar-refractivity contribution < 1.29 is 9.66 Å². The summed E-state index contributed by atoms with van der Waals surface area (Å²) in [6.45, 7) is 7.11. The van der Waals surface area contributed by atoms with Gasteiger partial charge in [-0.3, -0.25) is 4.90 Å². The Morgan fingerprint density at radius 2 is 2.14 bits per heavy atom. The fourth-order valence-corrected chi connectivity index (χ4v) is 2.74. The highest BCUT2D eigenvalue weighted by atomic mass is 35.5. The van der Waals surface area contributed by atoms with Gasteiger partial charge >= 0.3 is 11.8 Å². The summed E-state index contributed by atoms with van der Waals surface area (Å²) in [6.07, 6.45) is 1.25. The molecule has 1 aromatic heterocycles. The van der Waals surface area contributed by atoms with Crippen molar-refractivity contribution in [2.45, 2.75) is 19.1 Å². The summed E-state index contributed by atoms with van der Waals surface area (Å²) in [4.78, 5) is 16.8. The third-order valence-electron chi connectivity index (χ3n) is 3.58. The number of fused-ring (bicyclic) bond motifs is 1. The number of ether oxygens (including phenoxy) is 1. The summed E-state index contributed by atoms with van der Waals surface area (Å²) in [5.41, 5.74) is -0.439. The van der Waals surface area contributed by atoms with Crippen LogP contribution in [0.4, 0.5) is 5.82 Å². The van der Waals surface area contributed by atoms with Crippen LogP contribution in [0.5, 0.6) is 6.01 Å². The second-order valence-electron chi connectivity index (χ2n) is 5.32. The Labute approximate surface area is 134 Å². The van der Waals surface area contributed by atoms with Crippen molar-refractivity contribution >= 4 is 30.6 Å². The summed E-state index contributed by atoms with van der Waals surface area (Å²) in [6, 6.07) is 0.351. The highest BCUT2D eigenvalue weighted by molar-refractivity contribution is 5.85. The van der Waals surface area contributed by atoms with Gasteiger partial charge in [0.15, 0.2) is 5.60 Å². The monoisotopic (exact) mass is 339 g/mol. The second kappa shape index (κ2) is 6.78. The number of nitro groups is 1. The molecule has 2 aliphatic heterocycles. The molecule has 8 nitrogen and oxygen atoms in total. The van der Waals surface area contributed by atoms with Crippen LogP contribution < -0.4 is 10.1 Å². The maximum absolute atomic E-state index is 10.9. The zero-order valence-corrected chi connectivity index (χ0v) is 13.3. The highest BCUT2D eigenvalue weighted by Gasteiger charge is 2.43. The molecule has 2 aliphatic rings. The van der Waals surface area contributed by atoms with E-state index in [-0.39, 0.29) is 30.6 Å². The molecule has 1 atom stereocenters. The molecule has 0 radical (unpaired) electrons. The maximum Gasteiger partial charge on any atom is 0.391 e. The maximum atomic E-state index is 10.9. The normalized spacial score (nSPS) is 24.4. The van der Waals surface area contributed by atoms with Gasteiger partial charge in [-0.1, -0.05) is 0 Å². The minimum Gasteiger partial charge on any atom is -0.435 e. The van der Waals surface area contributed by atoms with E-state index in [4.69, 9.17) is 4.74 Å². The van der Waals surface area contributed by atoms with Crippen molar-refractivity contribution in [2.24, 2.45) is 0 Å². The van der Waals surface area contributed by atoms with Gasteiger partial charge in [-0.2, -0.15) is 9.55 Å². The number of rotatable bonds is 3. The lowest BCUT2D eigenvalue weighted by Gasteiger charge is -2.32. The molecule has 1 aromatic rings. The number of hydrogen-bond donors (Lipinski definition) is 1. The van der Waals surface area contributed by atoms with Crippen molar-refractivity contribution in [2.75, 3.05) is 32.7 Å². The molecule has 0 saturated carbocycles. The molecule has 1 fully saturated rings. The number of hydrogen-bond acceptors (Lipinski definition) is 6. The third kappa shape index (κ3) is 3.57. The predicted molar refractivity (Wildman–Crippen MR) is 81.7 cm³/mol. The lowest BCUT2D eigenvalue weighted by molar-refractivity contribution is -0.392. The first-order chi connectivity index (χ1) is 9.07. The molecule has 0 amide bonds. The van der Waals surface area contributed by atoms with E-state index in [0.29, 0.717) is 12.6 Å². The average molecular weight is 340 g/mol. The smallest absolute Gasteiger partial charge is 0.391 e. The summed E-state index contributed by atoms with van der Waals surface area (Å²) < 4.78 is 7.36. The van der Waals surface area contributed by atoms with Crippen molar-refractivity contribution in [1.29, 1.82) is 0 Å². The third-order valence-corrected chi connectivity index (χ3v) is 3.58. The Bertz CT molecular complexity index is 506. The van der Waals surface area contributed by atoms with Crippen LogP contribution in [0.2, 0.25) is 0 Å². The summed E-state index contributed by atoms with van der Waals surface area (Å²) in [5.74, 6) is -0.000893. The van der Waals surface area contributed by atoms with Gasteiger partial charge in [0.05, 0.1) is 0 Å². The SMILES string of the molecule is CC1(CN2CCNCC2)Cn2c([N+](=O)[O-])cnc2O1.Cl.Cl. The lowest BCUT2D eigenvalue weighted by atomic mass is 10.1. The number of aromatic nitrogens is 2. The van der Waals surface area contributed by atoms with Crippen LogP contribution in [0.15, 0.2) is 6.20 Å². The van der Waals surface area contributed by atoms with Gasteiger partial charge in [-0.05, 0) is 11.8 Å². The van der Waals surface area contributed by atoms with E-state index in [1.807, 2.05) is 6.92 Å². The Hall–Kier alpha value is -1.09. The number of halogens is 2. The number of nitrogens with one attached hydrogen (secondary N) is 1. The zero-order chi connectivity index (χ0) is 13.5. The van der Waals surface area contributed by atoms with Crippen molar-refractivity contribution in [3.63, 3.8) is 0 Å². The van der Waals surface area contributed by atoms with Crippen LogP contribution in [0.1, 0.15) is 6.92 Å². The van der Waals surface area contributed by atoms with E-state index >= 15 is 0 Å². The molecule has 0 bridgehead atoms. The molecule has 0 aliphatic carbocycles. The van der Waals surface area contributed by atoms with E-state index in [0.717, 1.165) is 32.7 Å². The van der Waals surface area contributed by atoms with Gasteiger partial charge in [-0.15, -0.1) is 24.8 Å². The average Bonchev–Trinajstić information content (AvgIpc) is 2.86. The Morgan fingerprint density at radius 3 is 2.76 bits per heavy atom. The Balaban J connectivity index is 0.00000110. The van der Waals surface area contributed by atoms with Gasteiger partial charge in [0.2, 0.25) is 0 Å². The fraction of sp³-hybridized carbons (Fsp3) is 0.727. The fourth-order valence-electron chi connectivity index (χ4n) is 2.74. The van der Waals surface area contributed by atoms with E-state index in [1.54, 1.807) is 4.57 Å². The molecular formula is C11H19Cl2N5O3. The van der Waals surface area contributed by atoms with Crippen LogP contribution >= 0.6 is 24.8 Å². The first-order valence-electron chi connectivity index (χ1n) is 6.39. The second-order valence-corrected chi connectivity index (χ2v) is 5.32. The van der Waals surface area contributed by atoms with Gasteiger partial charge in [-0.25, -0.2) is 0 Å².